The van der Waals surface area contributed by atoms with E-state index in [-0.39, 0.29) is 55.1 Å². The van der Waals surface area contributed by atoms with E-state index in [4.69, 9.17) is 5.84 Å². The quantitative estimate of drug-likeness (QED) is 0.141. The summed E-state index contributed by atoms with van der Waals surface area (Å²) in [5, 5.41) is 13.0. The Labute approximate surface area is 238 Å². The molecule has 0 spiro atoms. The fourth-order valence-corrected chi connectivity index (χ4v) is 5.35. The molecule has 38 heavy (non-hydrogen) atoms. The number of nitrogens with zero attached hydrogens (tertiary/aromatic N) is 6. The number of hydroxylamine groups is 3. The number of hydrogen-bond donors (Lipinski definition) is 2. The summed E-state index contributed by atoms with van der Waals surface area (Å²) < 4.78 is 0.747. The largest absolute Gasteiger partial charge is 0.633 e. The minimum absolute atomic E-state index is 0. The SMILES string of the molecule is C.C.C.C.C.C.CCCN1CCN(CC[N+]2(CC(=O)NN)CCN(CC[N+]3([O-])CCN(C)CC3)CC2)CC1. The molecule has 0 radical (unpaired) electrons. The molecule has 0 bridgehead atoms. The summed E-state index contributed by atoms with van der Waals surface area (Å²) in [6, 6.07) is 0. The van der Waals surface area contributed by atoms with Crippen LogP contribution in [0.15, 0.2) is 0 Å². The maximum absolute atomic E-state index is 13.0. The molecule has 0 aliphatic carbocycles. The third kappa shape index (κ3) is 13.5. The van der Waals surface area contributed by atoms with Gasteiger partial charge in [0.05, 0.1) is 39.3 Å². The molecule has 3 heterocycles. The first-order chi connectivity index (χ1) is 15.4. The average Bonchev–Trinajstić information content (AvgIpc) is 2.81. The van der Waals surface area contributed by atoms with Gasteiger partial charge in [-0.15, -0.1) is 0 Å². The third-order valence-electron chi connectivity index (χ3n) is 7.92. The van der Waals surface area contributed by atoms with Crippen LogP contribution >= 0.6 is 0 Å². The zero-order valence-electron chi connectivity index (χ0n) is 20.5. The second kappa shape index (κ2) is 21.0. The number of nitrogens with two attached hydrogens (primary N) is 1. The highest BCUT2D eigenvalue weighted by atomic mass is 16.5. The zero-order chi connectivity index (χ0) is 23.0. The van der Waals surface area contributed by atoms with Crippen molar-refractivity contribution in [3.05, 3.63) is 5.21 Å². The Balaban J connectivity index is -0.000000963. The summed E-state index contributed by atoms with van der Waals surface area (Å²) in [6.45, 7) is 19.0. The first-order valence-electron chi connectivity index (χ1n) is 12.6. The molecule has 234 valence electrons. The van der Waals surface area contributed by atoms with Crippen LogP contribution in [0.3, 0.4) is 0 Å². The summed E-state index contributed by atoms with van der Waals surface area (Å²) in [4.78, 5) is 22.0. The van der Waals surface area contributed by atoms with Crippen LogP contribution in [0.4, 0.5) is 0 Å². The van der Waals surface area contributed by atoms with Crippen molar-refractivity contribution in [3.8, 4) is 0 Å². The lowest BCUT2D eigenvalue weighted by atomic mass is 10.2. The number of likely N-dealkylation sites (N-methyl/N-ethyl adjacent to an activating group) is 1. The summed E-state index contributed by atoms with van der Waals surface area (Å²) in [5.74, 6) is 5.36. The standard InChI is InChI=1S/C22H46N8O2.6CH4/c1-3-4-26-5-7-27(8-6-26)11-15-29(21-22(31)24-23)16-12-28(13-17-29)14-20-30(32)18-9-25(2)10-19-30;;;;;;/h3-21,23H2,1-2H3;6*1H4/p+1. The van der Waals surface area contributed by atoms with Crippen molar-refractivity contribution in [1.82, 2.24) is 25.0 Å². The van der Waals surface area contributed by atoms with Crippen LogP contribution in [0, 0.1) is 5.21 Å². The fraction of sp³-hybridized carbons (Fsp3) is 0.964. The minimum Gasteiger partial charge on any atom is -0.633 e. The Hall–Kier alpha value is -0.850. The van der Waals surface area contributed by atoms with E-state index < -0.39 is 0 Å². The van der Waals surface area contributed by atoms with Crippen LogP contribution < -0.4 is 11.3 Å². The molecule has 0 atom stereocenters. The third-order valence-corrected chi connectivity index (χ3v) is 7.92. The predicted molar refractivity (Wildman–Crippen MR) is 168 cm³/mol. The lowest BCUT2D eigenvalue weighted by molar-refractivity contribution is -0.925. The molecule has 10 heteroatoms. The van der Waals surface area contributed by atoms with Gasteiger partial charge in [0.25, 0.3) is 5.91 Å². The van der Waals surface area contributed by atoms with E-state index in [1.165, 1.54) is 13.0 Å². The molecule has 10 nitrogen and oxygen atoms in total. The van der Waals surface area contributed by atoms with Gasteiger partial charge in [0, 0.05) is 65.4 Å². The number of quaternary nitrogens is 2. The predicted octanol–water partition coefficient (Wildman–Crippen LogP) is 2.21. The molecular formula is C28H71N8O2+. The maximum Gasteiger partial charge on any atom is 0.289 e. The van der Waals surface area contributed by atoms with Crippen LogP contribution in [-0.4, -0.2) is 159 Å². The number of carbonyl (C=O) groups is 1. The molecule has 3 fully saturated rings. The summed E-state index contributed by atoms with van der Waals surface area (Å²) in [7, 11) is 2.09. The Morgan fingerprint density at radius 3 is 1.66 bits per heavy atom. The van der Waals surface area contributed by atoms with Gasteiger partial charge in [0.2, 0.25) is 0 Å². The molecule has 0 aromatic carbocycles. The summed E-state index contributed by atoms with van der Waals surface area (Å²) in [5.41, 5.74) is 2.35. The van der Waals surface area contributed by atoms with Gasteiger partial charge in [-0.25, -0.2) is 5.84 Å². The maximum atomic E-state index is 13.0. The Kier molecular flexibility index (Phi) is 24.4. The molecule has 0 saturated carbocycles. The van der Waals surface area contributed by atoms with E-state index in [1.54, 1.807) is 0 Å². The van der Waals surface area contributed by atoms with Crippen molar-refractivity contribution < 1.29 is 13.9 Å². The first-order valence-corrected chi connectivity index (χ1v) is 12.6. The van der Waals surface area contributed by atoms with Gasteiger partial charge in [-0.3, -0.25) is 24.9 Å². The molecule has 3 aliphatic heterocycles. The zero-order valence-corrected chi connectivity index (χ0v) is 20.5. The minimum atomic E-state index is -0.0762. The van der Waals surface area contributed by atoms with Crippen LogP contribution in [0.2, 0.25) is 0 Å². The van der Waals surface area contributed by atoms with E-state index in [2.05, 4.69) is 39.0 Å². The van der Waals surface area contributed by atoms with E-state index in [1.807, 2.05) is 0 Å². The van der Waals surface area contributed by atoms with Crippen molar-refractivity contribution in [2.24, 2.45) is 5.84 Å². The molecule has 0 aromatic rings. The normalized spacial score (nSPS) is 21.6. The highest BCUT2D eigenvalue weighted by molar-refractivity contribution is 5.76. The van der Waals surface area contributed by atoms with Gasteiger partial charge in [-0.05, 0) is 20.0 Å². The van der Waals surface area contributed by atoms with Crippen LogP contribution in [0.1, 0.15) is 57.9 Å². The van der Waals surface area contributed by atoms with E-state index in [0.717, 1.165) is 89.6 Å². The lowest BCUT2D eigenvalue weighted by Gasteiger charge is -2.49. The highest BCUT2D eigenvalue weighted by Crippen LogP contribution is 2.16. The number of piperazine rings is 3. The Morgan fingerprint density at radius 2 is 1.18 bits per heavy atom. The van der Waals surface area contributed by atoms with Crippen LogP contribution in [0.5, 0.6) is 0 Å². The topological polar surface area (TPSA) is 91.1 Å². The number of carbonyl (C=O) groups excluding carboxylic acids is 1. The van der Waals surface area contributed by atoms with Crippen molar-refractivity contribution in [1.29, 1.82) is 0 Å². The first kappa shape index (κ1) is 44.2. The van der Waals surface area contributed by atoms with Gasteiger partial charge in [-0.2, -0.15) is 0 Å². The molecule has 3 rings (SSSR count). The van der Waals surface area contributed by atoms with Gasteiger partial charge in [-0.1, -0.05) is 51.5 Å². The van der Waals surface area contributed by atoms with Crippen molar-refractivity contribution in [2.75, 3.05) is 125 Å². The lowest BCUT2D eigenvalue weighted by Crippen LogP contribution is -2.65. The molecule has 3 saturated heterocycles. The molecular weight excluding hydrogens is 480 g/mol. The van der Waals surface area contributed by atoms with Crippen molar-refractivity contribution in [2.45, 2.75) is 57.9 Å². The van der Waals surface area contributed by atoms with Gasteiger partial charge >= 0.3 is 0 Å². The molecule has 0 aromatic heterocycles. The Morgan fingerprint density at radius 1 is 0.737 bits per heavy atom. The summed E-state index contributed by atoms with van der Waals surface area (Å²) in [6.07, 6.45) is 1.22. The van der Waals surface area contributed by atoms with Crippen molar-refractivity contribution >= 4 is 5.91 Å². The highest BCUT2D eigenvalue weighted by Gasteiger charge is 2.36. The molecule has 1 amide bonds. The van der Waals surface area contributed by atoms with Crippen molar-refractivity contribution in [3.63, 3.8) is 0 Å². The fourth-order valence-electron chi connectivity index (χ4n) is 5.35. The van der Waals surface area contributed by atoms with E-state index in [0.29, 0.717) is 26.2 Å². The second-order valence-electron chi connectivity index (χ2n) is 10.3. The van der Waals surface area contributed by atoms with E-state index in [9.17, 15) is 10.0 Å². The number of rotatable bonds is 10. The van der Waals surface area contributed by atoms with Crippen LogP contribution in [0.25, 0.3) is 0 Å². The van der Waals surface area contributed by atoms with E-state index >= 15 is 0 Å². The number of nitrogens with one attached hydrogen (secondary N) is 1. The smallest absolute Gasteiger partial charge is 0.289 e. The molecule has 0 unspecified atom stereocenters. The Bertz CT molecular complexity index is 571. The number of hydrogen-bond acceptors (Lipinski definition) is 7. The second-order valence-corrected chi connectivity index (χ2v) is 10.3. The van der Waals surface area contributed by atoms with Gasteiger partial charge in [0.1, 0.15) is 0 Å². The van der Waals surface area contributed by atoms with Crippen LogP contribution in [-0.2, 0) is 4.79 Å². The number of amides is 1. The molecule has 3 aliphatic rings. The van der Waals surface area contributed by atoms with Gasteiger partial charge in [0.15, 0.2) is 6.54 Å². The average molecular weight is 552 g/mol. The van der Waals surface area contributed by atoms with Gasteiger partial charge < -0.3 is 19.2 Å². The monoisotopic (exact) mass is 552 g/mol. The molecule has 3 N–H and O–H groups in total. The summed E-state index contributed by atoms with van der Waals surface area (Å²) >= 11 is 0. The number of hydrazine groups is 1.